The lowest BCUT2D eigenvalue weighted by molar-refractivity contribution is 0.396. The monoisotopic (exact) mass is 390 g/mol. The summed E-state index contributed by atoms with van der Waals surface area (Å²) in [5.74, 6) is 1.52. The number of guanidine groups is 1. The van der Waals surface area contributed by atoms with Crippen LogP contribution in [0.1, 0.15) is 11.1 Å². The maximum absolute atomic E-state index is 11.9. The number of aliphatic imine (C=N–C) groups is 1. The molecule has 0 aliphatic heterocycles. The molecule has 2 aromatic rings. The summed E-state index contributed by atoms with van der Waals surface area (Å²) in [4.78, 5) is 6.52. The first-order valence-electron chi connectivity index (χ1n) is 8.47. The van der Waals surface area contributed by atoms with Gasteiger partial charge in [-0.25, -0.2) is 13.1 Å². The van der Waals surface area contributed by atoms with Gasteiger partial charge in [0.25, 0.3) is 0 Å². The van der Waals surface area contributed by atoms with Crippen molar-refractivity contribution in [1.29, 1.82) is 0 Å². The van der Waals surface area contributed by atoms with E-state index in [4.69, 9.17) is 4.74 Å². The van der Waals surface area contributed by atoms with Gasteiger partial charge in [0, 0.05) is 32.7 Å². The van der Waals surface area contributed by atoms with Gasteiger partial charge in [0.05, 0.1) is 12.0 Å². The Kier molecular flexibility index (Phi) is 7.20. The second-order valence-electron chi connectivity index (χ2n) is 5.92. The van der Waals surface area contributed by atoms with Crippen LogP contribution < -0.4 is 14.8 Å². The molecule has 0 spiro atoms. The molecule has 0 aromatic heterocycles. The molecule has 2 rings (SSSR count). The summed E-state index contributed by atoms with van der Waals surface area (Å²) >= 11 is 0. The largest absolute Gasteiger partial charge is 0.496 e. The third kappa shape index (κ3) is 5.45. The Balaban J connectivity index is 2.06. The lowest BCUT2D eigenvalue weighted by Gasteiger charge is -2.23. The summed E-state index contributed by atoms with van der Waals surface area (Å²) in [5.41, 5.74) is 1.89. The molecule has 2 N–H and O–H groups in total. The van der Waals surface area contributed by atoms with Crippen LogP contribution in [0.25, 0.3) is 0 Å². The predicted octanol–water partition coefficient (Wildman–Crippen LogP) is 1.81. The molecule has 0 amide bonds. The number of hydrogen-bond donors (Lipinski definition) is 2. The van der Waals surface area contributed by atoms with E-state index in [9.17, 15) is 8.42 Å². The minimum absolute atomic E-state index is 0.238. The van der Waals surface area contributed by atoms with E-state index in [0.29, 0.717) is 19.0 Å². The fourth-order valence-electron chi connectivity index (χ4n) is 2.67. The molecule has 0 saturated carbocycles. The van der Waals surface area contributed by atoms with E-state index in [1.54, 1.807) is 32.4 Å². The van der Waals surface area contributed by atoms with E-state index in [-0.39, 0.29) is 4.90 Å². The van der Waals surface area contributed by atoms with Gasteiger partial charge >= 0.3 is 0 Å². The predicted molar refractivity (Wildman–Crippen MR) is 107 cm³/mol. The van der Waals surface area contributed by atoms with Gasteiger partial charge in [0.1, 0.15) is 5.75 Å². The first-order valence-corrected chi connectivity index (χ1v) is 9.95. The maximum Gasteiger partial charge on any atom is 0.240 e. The number of benzene rings is 2. The van der Waals surface area contributed by atoms with E-state index in [1.165, 1.54) is 7.05 Å². The quantitative estimate of drug-likeness (QED) is 0.557. The molecule has 27 heavy (non-hydrogen) atoms. The molecule has 0 saturated heterocycles. The molecule has 0 aliphatic rings. The van der Waals surface area contributed by atoms with Crippen LogP contribution in [0.2, 0.25) is 0 Å². The molecule has 0 unspecified atom stereocenters. The Bertz CT molecular complexity index is 897. The van der Waals surface area contributed by atoms with Crippen LogP contribution in [0.15, 0.2) is 58.4 Å². The van der Waals surface area contributed by atoms with Crippen LogP contribution in [0.3, 0.4) is 0 Å². The van der Waals surface area contributed by atoms with E-state index in [1.807, 2.05) is 42.3 Å². The van der Waals surface area contributed by atoms with Gasteiger partial charge in [-0.3, -0.25) is 4.99 Å². The Labute approximate surface area is 161 Å². The van der Waals surface area contributed by atoms with Crippen molar-refractivity contribution in [2.45, 2.75) is 18.0 Å². The standard InChI is InChI=1S/C19H26N4O3S/c1-20-19(23(3)14-16-9-5-6-11-18(16)26-4)22-13-15-8-7-10-17(12-15)27(24,25)21-2/h5-12,21H,13-14H2,1-4H3,(H,20,22). The fourth-order valence-corrected chi connectivity index (χ4v) is 3.47. The van der Waals surface area contributed by atoms with Crippen LogP contribution in [0.5, 0.6) is 5.75 Å². The molecule has 2 aromatic carbocycles. The number of ether oxygens (including phenoxy) is 1. The van der Waals surface area contributed by atoms with Crippen LogP contribution in [-0.2, 0) is 23.1 Å². The highest BCUT2D eigenvalue weighted by Crippen LogP contribution is 2.18. The zero-order valence-corrected chi connectivity index (χ0v) is 16.9. The van der Waals surface area contributed by atoms with Gasteiger partial charge in [-0.2, -0.15) is 0 Å². The van der Waals surface area contributed by atoms with Crippen molar-refractivity contribution >= 4 is 16.0 Å². The van der Waals surface area contributed by atoms with Crippen molar-refractivity contribution in [3.8, 4) is 5.75 Å². The zero-order valence-electron chi connectivity index (χ0n) is 16.1. The molecule has 0 aliphatic carbocycles. The van der Waals surface area contributed by atoms with Crippen LogP contribution in [-0.4, -0.2) is 47.5 Å². The average molecular weight is 391 g/mol. The highest BCUT2D eigenvalue weighted by molar-refractivity contribution is 7.89. The van der Waals surface area contributed by atoms with E-state index in [0.717, 1.165) is 16.9 Å². The Morgan fingerprint density at radius 1 is 1.19 bits per heavy atom. The van der Waals surface area contributed by atoms with Crippen molar-refractivity contribution < 1.29 is 13.2 Å². The Hall–Kier alpha value is -2.58. The van der Waals surface area contributed by atoms with E-state index < -0.39 is 10.0 Å². The molecular weight excluding hydrogens is 364 g/mol. The van der Waals surface area contributed by atoms with Crippen molar-refractivity contribution in [1.82, 2.24) is 14.9 Å². The molecule has 8 heteroatoms. The van der Waals surface area contributed by atoms with E-state index >= 15 is 0 Å². The number of nitrogens with one attached hydrogen (secondary N) is 2. The van der Waals surface area contributed by atoms with Gasteiger partial charge < -0.3 is 15.0 Å². The molecule has 0 heterocycles. The summed E-state index contributed by atoms with van der Waals surface area (Å²) in [6.07, 6.45) is 0. The van der Waals surface area contributed by atoms with E-state index in [2.05, 4.69) is 15.0 Å². The van der Waals surface area contributed by atoms with Gasteiger partial charge in [-0.1, -0.05) is 30.3 Å². The number of rotatable bonds is 7. The van der Waals surface area contributed by atoms with Gasteiger partial charge in [0.2, 0.25) is 10.0 Å². The third-order valence-electron chi connectivity index (χ3n) is 4.10. The van der Waals surface area contributed by atoms with Crippen molar-refractivity contribution in [3.63, 3.8) is 0 Å². The number of nitrogens with zero attached hydrogens (tertiary/aromatic N) is 2. The molecule has 0 atom stereocenters. The first-order chi connectivity index (χ1) is 12.9. The Morgan fingerprint density at radius 2 is 1.93 bits per heavy atom. The molecule has 0 fully saturated rings. The smallest absolute Gasteiger partial charge is 0.240 e. The SMILES string of the molecule is CN=C(NCc1cccc(S(=O)(=O)NC)c1)N(C)Cc1ccccc1OC. The average Bonchev–Trinajstić information content (AvgIpc) is 2.69. The van der Waals surface area contributed by atoms with Crippen molar-refractivity contribution in [2.75, 3.05) is 28.3 Å². The van der Waals surface area contributed by atoms with Crippen LogP contribution in [0, 0.1) is 0 Å². The van der Waals surface area contributed by atoms with Crippen LogP contribution in [0.4, 0.5) is 0 Å². The third-order valence-corrected chi connectivity index (χ3v) is 5.51. The second-order valence-corrected chi connectivity index (χ2v) is 7.81. The van der Waals surface area contributed by atoms with Crippen molar-refractivity contribution in [3.05, 3.63) is 59.7 Å². The normalized spacial score (nSPS) is 11.9. The highest BCUT2D eigenvalue weighted by atomic mass is 32.2. The fraction of sp³-hybridized carbons (Fsp3) is 0.316. The lowest BCUT2D eigenvalue weighted by Crippen LogP contribution is -2.38. The number of para-hydroxylation sites is 1. The van der Waals surface area contributed by atoms with Gasteiger partial charge in [-0.05, 0) is 30.8 Å². The first kappa shape index (κ1) is 20.7. The lowest BCUT2D eigenvalue weighted by atomic mass is 10.2. The summed E-state index contributed by atoms with van der Waals surface area (Å²) in [6.45, 7) is 1.08. The summed E-state index contributed by atoms with van der Waals surface area (Å²) in [5, 5.41) is 3.26. The van der Waals surface area contributed by atoms with Crippen LogP contribution >= 0.6 is 0 Å². The molecule has 0 radical (unpaired) electrons. The minimum atomic E-state index is -3.46. The number of hydrogen-bond acceptors (Lipinski definition) is 4. The number of methoxy groups -OCH3 is 1. The maximum atomic E-state index is 11.9. The second kappa shape index (κ2) is 9.38. The molecular formula is C19H26N4O3S. The zero-order chi connectivity index (χ0) is 19.9. The summed E-state index contributed by atoms with van der Waals surface area (Å²) in [7, 11) is 3.23. The minimum Gasteiger partial charge on any atom is -0.496 e. The summed E-state index contributed by atoms with van der Waals surface area (Å²) < 4.78 is 31.6. The topological polar surface area (TPSA) is 83.0 Å². The van der Waals surface area contributed by atoms with Gasteiger partial charge in [-0.15, -0.1) is 0 Å². The van der Waals surface area contributed by atoms with Gasteiger partial charge in [0.15, 0.2) is 5.96 Å². The van der Waals surface area contributed by atoms with Crippen molar-refractivity contribution in [2.24, 2.45) is 4.99 Å². The molecule has 146 valence electrons. The number of sulfonamides is 1. The Morgan fingerprint density at radius 3 is 2.59 bits per heavy atom. The molecule has 0 bridgehead atoms. The summed E-state index contributed by atoms with van der Waals surface area (Å²) in [6, 6.07) is 14.6. The highest BCUT2D eigenvalue weighted by Gasteiger charge is 2.13. The molecule has 7 nitrogen and oxygen atoms in total.